The fourth-order valence-corrected chi connectivity index (χ4v) is 5.68. The minimum absolute atomic E-state index is 0.0149. The van der Waals surface area contributed by atoms with Gasteiger partial charge in [0.15, 0.2) is 0 Å². The van der Waals surface area contributed by atoms with Crippen LogP contribution in [0.4, 0.5) is 13.2 Å². The fraction of sp³-hybridized carbons (Fsp3) is 0.391. The number of nitrogens with zero attached hydrogens (tertiary/aromatic N) is 3. The van der Waals surface area contributed by atoms with Crippen molar-refractivity contribution in [2.45, 2.75) is 55.2 Å². The van der Waals surface area contributed by atoms with E-state index < -0.39 is 28.8 Å². The molecule has 2 aromatic heterocycles. The van der Waals surface area contributed by atoms with Crippen molar-refractivity contribution in [3.63, 3.8) is 0 Å². The third-order valence-electron chi connectivity index (χ3n) is 6.50. The van der Waals surface area contributed by atoms with Crippen LogP contribution in [-0.4, -0.2) is 36.8 Å². The maximum Gasteiger partial charge on any atom is 0.387 e. The van der Waals surface area contributed by atoms with Crippen LogP contribution in [0, 0.1) is 11.3 Å². The molecule has 2 fully saturated rings. The highest BCUT2D eigenvalue weighted by Crippen LogP contribution is 2.43. The second kappa shape index (κ2) is 8.29. The van der Waals surface area contributed by atoms with Crippen molar-refractivity contribution in [1.82, 2.24) is 14.3 Å². The van der Waals surface area contributed by atoms with E-state index in [1.807, 2.05) is 4.57 Å². The first-order valence-electron chi connectivity index (χ1n) is 10.9. The molecule has 0 bridgehead atoms. The molecule has 0 unspecified atom stereocenters. The molecule has 178 valence electrons. The van der Waals surface area contributed by atoms with Gasteiger partial charge in [-0.25, -0.2) is 17.5 Å². The number of nitriles is 1. The van der Waals surface area contributed by atoms with Crippen LogP contribution in [0.2, 0.25) is 0 Å². The summed E-state index contributed by atoms with van der Waals surface area (Å²) < 4.78 is 72.9. The standard InChI is InChI=1S/C23H21F3N4O3S/c24-13-23(8-9-23)29-34(31,32)16-5-7-19(28-12-16)21-18(11-27)17-6-4-15(33-22(25)26)10-20(17)30(21)14-2-1-3-14/h4-7,10,12,14,22,29H,1-3,8-9,13H2. The summed E-state index contributed by atoms with van der Waals surface area (Å²) in [4.78, 5) is 4.23. The maximum absolute atomic E-state index is 13.2. The molecule has 0 amide bonds. The van der Waals surface area contributed by atoms with Crippen LogP contribution in [0.5, 0.6) is 5.75 Å². The van der Waals surface area contributed by atoms with E-state index in [9.17, 15) is 26.9 Å². The first kappa shape index (κ1) is 22.7. The third-order valence-corrected chi connectivity index (χ3v) is 8.07. The average Bonchev–Trinajstić information content (AvgIpc) is 3.47. The summed E-state index contributed by atoms with van der Waals surface area (Å²) in [5, 5.41) is 10.5. The zero-order valence-electron chi connectivity index (χ0n) is 18.0. The van der Waals surface area contributed by atoms with Crippen molar-refractivity contribution in [2.24, 2.45) is 0 Å². The number of nitrogens with one attached hydrogen (secondary N) is 1. The Morgan fingerprint density at radius 1 is 1.26 bits per heavy atom. The minimum Gasteiger partial charge on any atom is -0.435 e. The van der Waals surface area contributed by atoms with Gasteiger partial charge in [-0.05, 0) is 56.4 Å². The Morgan fingerprint density at radius 3 is 2.56 bits per heavy atom. The van der Waals surface area contributed by atoms with Gasteiger partial charge < -0.3 is 9.30 Å². The van der Waals surface area contributed by atoms with Gasteiger partial charge in [0.1, 0.15) is 23.4 Å². The molecular weight excluding hydrogens is 469 g/mol. The Hall–Kier alpha value is -3.10. The number of rotatable bonds is 8. The molecule has 2 saturated carbocycles. The minimum atomic E-state index is -3.96. The van der Waals surface area contributed by atoms with Gasteiger partial charge >= 0.3 is 6.61 Å². The second-order valence-corrected chi connectivity index (χ2v) is 10.4. The molecule has 2 aliphatic carbocycles. The van der Waals surface area contributed by atoms with E-state index in [-0.39, 0.29) is 16.7 Å². The van der Waals surface area contributed by atoms with Gasteiger partial charge in [0.05, 0.1) is 28.0 Å². The third kappa shape index (κ3) is 3.91. The molecule has 2 heterocycles. The molecule has 0 aliphatic heterocycles. The first-order chi connectivity index (χ1) is 16.3. The van der Waals surface area contributed by atoms with Gasteiger partial charge in [0.2, 0.25) is 10.0 Å². The molecule has 5 rings (SSSR count). The molecule has 7 nitrogen and oxygen atoms in total. The summed E-state index contributed by atoms with van der Waals surface area (Å²) in [7, 11) is -3.96. The zero-order valence-corrected chi connectivity index (χ0v) is 18.8. The Bertz CT molecular complexity index is 1390. The van der Waals surface area contributed by atoms with Crippen LogP contribution >= 0.6 is 0 Å². The molecule has 0 atom stereocenters. The summed E-state index contributed by atoms with van der Waals surface area (Å²) in [6.07, 6.45) is 4.76. The SMILES string of the molecule is N#Cc1c(-c2ccc(S(=O)(=O)NC3(CF)CC3)cn2)n(C2CCC2)c2cc(OC(F)F)ccc12. The average molecular weight is 491 g/mol. The molecule has 11 heteroatoms. The van der Waals surface area contributed by atoms with Crippen LogP contribution in [0.15, 0.2) is 41.4 Å². The van der Waals surface area contributed by atoms with Crippen LogP contribution in [0.1, 0.15) is 43.7 Å². The summed E-state index contributed by atoms with van der Waals surface area (Å²) >= 11 is 0. The zero-order chi connectivity index (χ0) is 24.1. The van der Waals surface area contributed by atoms with E-state index >= 15 is 0 Å². The summed E-state index contributed by atoms with van der Waals surface area (Å²) in [5.41, 5.74) is 0.742. The highest BCUT2D eigenvalue weighted by Gasteiger charge is 2.46. The number of alkyl halides is 3. The van der Waals surface area contributed by atoms with E-state index in [0.29, 0.717) is 40.7 Å². The van der Waals surface area contributed by atoms with Crippen molar-refractivity contribution < 1.29 is 26.3 Å². The molecular formula is C23H21F3N4O3S. The molecule has 2 aliphatic rings. The van der Waals surface area contributed by atoms with Crippen LogP contribution in [-0.2, 0) is 10.0 Å². The number of hydrogen-bond acceptors (Lipinski definition) is 5. The topological polar surface area (TPSA) is 97.0 Å². The predicted octanol–water partition coefficient (Wildman–Crippen LogP) is 4.68. The van der Waals surface area contributed by atoms with E-state index in [1.54, 1.807) is 6.07 Å². The largest absolute Gasteiger partial charge is 0.435 e. The number of pyridine rings is 1. The van der Waals surface area contributed by atoms with Gasteiger partial charge in [-0.2, -0.15) is 14.0 Å². The first-order valence-corrected chi connectivity index (χ1v) is 12.3. The molecule has 0 radical (unpaired) electrons. The molecule has 3 aromatic rings. The summed E-state index contributed by atoms with van der Waals surface area (Å²) in [5.74, 6) is -0.0149. The van der Waals surface area contributed by atoms with E-state index in [1.165, 1.54) is 30.5 Å². The molecule has 1 aromatic carbocycles. The number of halogens is 3. The quantitative estimate of drug-likeness (QED) is 0.495. The van der Waals surface area contributed by atoms with Gasteiger partial charge in [0, 0.05) is 23.7 Å². The predicted molar refractivity (Wildman–Crippen MR) is 118 cm³/mol. The second-order valence-electron chi connectivity index (χ2n) is 8.75. The maximum atomic E-state index is 13.2. The summed E-state index contributed by atoms with van der Waals surface area (Å²) in [6.45, 7) is -3.75. The van der Waals surface area contributed by atoms with E-state index in [0.717, 1.165) is 19.3 Å². The Morgan fingerprint density at radius 2 is 2.03 bits per heavy atom. The lowest BCUT2D eigenvalue weighted by Crippen LogP contribution is -2.38. The van der Waals surface area contributed by atoms with Crippen LogP contribution in [0.25, 0.3) is 22.3 Å². The molecule has 34 heavy (non-hydrogen) atoms. The van der Waals surface area contributed by atoms with Crippen molar-refractivity contribution in [2.75, 3.05) is 6.67 Å². The highest BCUT2D eigenvalue weighted by atomic mass is 32.2. The number of sulfonamides is 1. The number of hydrogen-bond donors (Lipinski definition) is 1. The van der Waals surface area contributed by atoms with E-state index in [4.69, 9.17) is 0 Å². The highest BCUT2D eigenvalue weighted by molar-refractivity contribution is 7.89. The molecule has 0 spiro atoms. The molecule has 1 N–H and O–H groups in total. The lowest BCUT2D eigenvalue weighted by Gasteiger charge is -2.30. The number of benzene rings is 1. The monoisotopic (exact) mass is 490 g/mol. The normalized spacial score (nSPS) is 17.5. The summed E-state index contributed by atoms with van der Waals surface area (Å²) in [6, 6.07) is 9.55. The number of ether oxygens (including phenoxy) is 1. The van der Waals surface area contributed by atoms with Crippen molar-refractivity contribution in [3.05, 3.63) is 42.1 Å². The van der Waals surface area contributed by atoms with Crippen LogP contribution < -0.4 is 9.46 Å². The number of fused-ring (bicyclic) bond motifs is 1. The Labute approximate surface area is 194 Å². The van der Waals surface area contributed by atoms with Gasteiger partial charge in [0.25, 0.3) is 0 Å². The van der Waals surface area contributed by atoms with Crippen LogP contribution in [0.3, 0.4) is 0 Å². The van der Waals surface area contributed by atoms with Gasteiger partial charge in [-0.3, -0.25) is 4.98 Å². The van der Waals surface area contributed by atoms with E-state index in [2.05, 4.69) is 20.5 Å². The van der Waals surface area contributed by atoms with Crippen molar-refractivity contribution in [1.29, 1.82) is 5.26 Å². The Balaban J connectivity index is 1.59. The van der Waals surface area contributed by atoms with Crippen molar-refractivity contribution in [3.8, 4) is 23.2 Å². The lowest BCUT2D eigenvalue weighted by molar-refractivity contribution is -0.0497. The van der Waals surface area contributed by atoms with Gasteiger partial charge in [-0.1, -0.05) is 0 Å². The van der Waals surface area contributed by atoms with Crippen molar-refractivity contribution >= 4 is 20.9 Å². The molecule has 0 saturated heterocycles. The number of aromatic nitrogens is 2. The Kier molecular flexibility index (Phi) is 5.53. The van der Waals surface area contributed by atoms with Gasteiger partial charge in [-0.15, -0.1) is 0 Å². The smallest absolute Gasteiger partial charge is 0.387 e. The lowest BCUT2D eigenvalue weighted by atomic mass is 9.92. The fourth-order valence-electron chi connectivity index (χ4n) is 4.29.